The molecule has 0 bridgehead atoms. The molecule has 0 heterocycles. The first-order valence-electron chi connectivity index (χ1n) is 6.34. The summed E-state index contributed by atoms with van der Waals surface area (Å²) < 4.78 is 0. The number of rotatable bonds is 10. The molecule has 0 aliphatic heterocycles. The van der Waals surface area contributed by atoms with Crippen LogP contribution in [0.1, 0.15) is 31.4 Å². The van der Waals surface area contributed by atoms with E-state index in [2.05, 4.69) is 0 Å². The second-order valence-electron chi connectivity index (χ2n) is 4.96. The molecule has 0 atom stereocenters. The van der Waals surface area contributed by atoms with Crippen molar-refractivity contribution in [2.75, 3.05) is 0 Å². The number of hydrogen-bond acceptors (Lipinski definition) is 8. The fourth-order valence-electron chi connectivity index (χ4n) is 1.43. The summed E-state index contributed by atoms with van der Waals surface area (Å²) in [4.78, 5) is 61.0. The normalized spacial score (nSPS) is 10.1. The molecular formula is C12H20Mg2O14. The Morgan fingerprint density at radius 1 is 0.500 bits per heavy atom. The summed E-state index contributed by atoms with van der Waals surface area (Å²) >= 11 is 0. The van der Waals surface area contributed by atoms with Crippen LogP contribution in [0.5, 0.6) is 0 Å². The molecule has 0 radical (unpaired) electrons. The minimum atomic E-state index is -2.74. The summed E-state index contributed by atoms with van der Waals surface area (Å²) in [7, 11) is 0. The van der Waals surface area contributed by atoms with Gasteiger partial charge in [-0.3, -0.25) is 19.2 Å². The first-order chi connectivity index (χ1) is 11.6. The number of aliphatic carboxylic acids is 6. The molecule has 0 aliphatic rings. The number of hydrogen-bond donors (Lipinski definition) is 8. The third kappa shape index (κ3) is 14.3. The van der Waals surface area contributed by atoms with Crippen molar-refractivity contribution in [3.63, 3.8) is 0 Å². The molecule has 0 fully saturated rings. The van der Waals surface area contributed by atoms with Gasteiger partial charge in [-0.05, 0) is 0 Å². The maximum Gasteiger partial charge on any atom is 2.00 e. The third-order valence-corrected chi connectivity index (χ3v) is 2.57. The van der Waals surface area contributed by atoms with E-state index >= 15 is 0 Å². The van der Waals surface area contributed by atoms with E-state index in [1.165, 1.54) is 0 Å². The van der Waals surface area contributed by atoms with Gasteiger partial charge >= 0.3 is 81.9 Å². The molecule has 0 spiro atoms. The summed E-state index contributed by atoms with van der Waals surface area (Å²) in [5.74, 6) is -10.0. The Kier molecular flexibility index (Phi) is 17.3. The van der Waals surface area contributed by atoms with Gasteiger partial charge in [0.1, 0.15) is 0 Å². The molecule has 0 saturated carbocycles. The van der Waals surface area contributed by atoms with Gasteiger partial charge in [0.25, 0.3) is 0 Å². The monoisotopic (exact) mass is 436 g/mol. The molecule has 0 aromatic heterocycles. The van der Waals surface area contributed by atoms with Crippen LogP contribution < -0.4 is 0 Å². The summed E-state index contributed by atoms with van der Waals surface area (Å²) in [5.41, 5.74) is -5.48. The van der Waals surface area contributed by atoms with Crippen LogP contribution in [0.3, 0.4) is 0 Å². The minimum absolute atomic E-state index is 0. The van der Waals surface area contributed by atoms with Gasteiger partial charge in [0, 0.05) is 0 Å². The topological polar surface area (TPSA) is 264 Å². The largest absolute Gasteiger partial charge is 2.00 e. The van der Waals surface area contributed by atoms with Crippen molar-refractivity contribution in [3.05, 3.63) is 0 Å². The van der Waals surface area contributed by atoms with Crippen LogP contribution in [0, 0.1) is 0 Å². The molecule has 28 heavy (non-hydrogen) atoms. The zero-order valence-electron chi connectivity index (χ0n) is 18.3. The van der Waals surface area contributed by atoms with Gasteiger partial charge in [0.2, 0.25) is 0 Å². The SMILES string of the molecule is O=C(O)CC(O)(CC(=O)O)C(=O)O.O=C(O)CC(O)(CC(=O)O)C(=O)O.[H-].[H-].[H-].[H-].[Mg+2].[Mg+2]. The first kappa shape index (κ1) is 33.8. The van der Waals surface area contributed by atoms with E-state index < -0.39 is 72.7 Å². The van der Waals surface area contributed by atoms with Crippen LogP contribution in [0.15, 0.2) is 0 Å². The molecule has 16 heteroatoms. The fraction of sp³-hybridized carbons (Fsp3) is 0.500. The third-order valence-electron chi connectivity index (χ3n) is 2.57. The van der Waals surface area contributed by atoms with Crippen LogP contribution in [0.2, 0.25) is 0 Å². The molecule has 0 saturated heterocycles. The minimum Gasteiger partial charge on any atom is -1.00 e. The van der Waals surface area contributed by atoms with Gasteiger partial charge < -0.3 is 46.6 Å². The van der Waals surface area contributed by atoms with Crippen molar-refractivity contribution in [2.45, 2.75) is 36.9 Å². The van der Waals surface area contributed by atoms with E-state index in [-0.39, 0.29) is 51.8 Å². The molecule has 156 valence electrons. The molecule has 0 aliphatic carbocycles. The second kappa shape index (κ2) is 14.3. The summed E-state index contributed by atoms with van der Waals surface area (Å²) in [6, 6.07) is 0. The van der Waals surface area contributed by atoms with E-state index in [0.717, 1.165) is 0 Å². The van der Waals surface area contributed by atoms with Gasteiger partial charge in [-0.25, -0.2) is 9.59 Å². The Hall–Kier alpha value is -1.73. The Balaban J connectivity index is -0.0000000505. The standard InChI is InChI=1S/2C6H8O7.2Mg.4H/c2*7-3(8)1-6(13,5(11)12)2-4(9)10;;;;;;/h2*13H,1-2H2,(H,7,8)(H,9,10)(H,11,12);;;;;;/q;;2*+2;4*-1. The van der Waals surface area contributed by atoms with Crippen LogP contribution >= 0.6 is 0 Å². The average Bonchev–Trinajstić information content (AvgIpc) is 2.34. The van der Waals surface area contributed by atoms with E-state index in [4.69, 9.17) is 40.9 Å². The number of carbonyl (C=O) groups is 6. The van der Waals surface area contributed by atoms with Crippen molar-refractivity contribution in [1.29, 1.82) is 0 Å². The van der Waals surface area contributed by atoms with Crippen LogP contribution in [0.25, 0.3) is 0 Å². The van der Waals surface area contributed by atoms with E-state index in [0.29, 0.717) is 0 Å². The Labute approximate surface area is 194 Å². The molecule has 0 unspecified atom stereocenters. The fourth-order valence-corrected chi connectivity index (χ4v) is 1.43. The van der Waals surface area contributed by atoms with Crippen LogP contribution in [0.4, 0.5) is 0 Å². The molecule has 14 nitrogen and oxygen atoms in total. The van der Waals surface area contributed by atoms with Crippen molar-refractivity contribution in [2.24, 2.45) is 0 Å². The van der Waals surface area contributed by atoms with Crippen molar-refractivity contribution < 1.29 is 75.3 Å². The number of carboxylic acids is 6. The van der Waals surface area contributed by atoms with Crippen molar-refractivity contribution in [3.8, 4) is 0 Å². The maximum atomic E-state index is 10.3. The quantitative estimate of drug-likeness (QED) is 0.160. The van der Waals surface area contributed by atoms with Crippen LogP contribution in [-0.2, 0) is 28.8 Å². The first-order valence-corrected chi connectivity index (χ1v) is 6.34. The van der Waals surface area contributed by atoms with Gasteiger partial charge in [-0.1, -0.05) is 0 Å². The van der Waals surface area contributed by atoms with E-state index in [9.17, 15) is 28.8 Å². The number of carboxylic acid groups (broad SMARTS) is 6. The summed E-state index contributed by atoms with van der Waals surface area (Å²) in [6.45, 7) is 0. The molecule has 8 N–H and O–H groups in total. The average molecular weight is 437 g/mol. The van der Waals surface area contributed by atoms with E-state index in [1.54, 1.807) is 0 Å². The smallest absolute Gasteiger partial charge is 1.00 e. The zero-order chi connectivity index (χ0) is 21.3. The second-order valence-corrected chi connectivity index (χ2v) is 4.96. The summed E-state index contributed by atoms with van der Waals surface area (Å²) in [6.07, 6.45) is -4.58. The van der Waals surface area contributed by atoms with Gasteiger partial charge in [-0.15, -0.1) is 0 Å². The van der Waals surface area contributed by atoms with Gasteiger partial charge in [-0.2, -0.15) is 0 Å². The predicted molar refractivity (Wildman–Crippen MR) is 90.1 cm³/mol. The van der Waals surface area contributed by atoms with Crippen molar-refractivity contribution in [1.82, 2.24) is 0 Å². The molecule has 0 aromatic carbocycles. The Morgan fingerprint density at radius 3 is 0.714 bits per heavy atom. The molecule has 0 rings (SSSR count). The Morgan fingerprint density at radius 2 is 0.643 bits per heavy atom. The molecular weight excluding hydrogens is 417 g/mol. The van der Waals surface area contributed by atoms with Crippen molar-refractivity contribution >= 4 is 81.9 Å². The maximum absolute atomic E-state index is 10.3. The zero-order valence-corrected chi connectivity index (χ0v) is 17.1. The number of aliphatic hydroxyl groups is 2. The molecule has 0 amide bonds. The van der Waals surface area contributed by atoms with E-state index in [1.807, 2.05) is 0 Å². The van der Waals surface area contributed by atoms with Gasteiger partial charge in [0.15, 0.2) is 11.2 Å². The Bertz CT molecular complexity index is 535. The van der Waals surface area contributed by atoms with Crippen LogP contribution in [-0.4, -0.2) is 134 Å². The predicted octanol–water partition coefficient (Wildman–Crippen LogP) is -2.81. The van der Waals surface area contributed by atoms with Gasteiger partial charge in [0.05, 0.1) is 25.7 Å². The summed E-state index contributed by atoms with van der Waals surface area (Å²) in [5, 5.41) is 67.6. The molecule has 0 aromatic rings.